The first kappa shape index (κ1) is 17.0. The van der Waals surface area contributed by atoms with E-state index in [0.717, 1.165) is 16.9 Å². The van der Waals surface area contributed by atoms with Gasteiger partial charge in [-0.1, -0.05) is 30.3 Å². The number of aromatic nitrogens is 2. The van der Waals surface area contributed by atoms with Gasteiger partial charge in [0.15, 0.2) is 5.72 Å². The number of pyridine rings is 2. The van der Waals surface area contributed by atoms with Crippen LogP contribution in [0.5, 0.6) is 0 Å². The van der Waals surface area contributed by atoms with Gasteiger partial charge >= 0.3 is 0 Å². The van der Waals surface area contributed by atoms with E-state index in [2.05, 4.69) is 10.3 Å². The van der Waals surface area contributed by atoms with Crippen molar-refractivity contribution in [3.05, 3.63) is 107 Å². The number of dihydropyridines is 1. The standard InChI is InChI=1S/C22H19N3O2/c1-27-22(12-6-8-14-24-22)19-15-17(20-11-5-7-13-23-20)16-25(21(19)26)18-9-3-2-4-10-18/h2-16,24H,1H3. The summed E-state index contributed by atoms with van der Waals surface area (Å²) in [7, 11) is 1.58. The minimum atomic E-state index is -1.03. The van der Waals surface area contributed by atoms with Crippen molar-refractivity contribution in [2.24, 2.45) is 0 Å². The molecule has 0 saturated carbocycles. The largest absolute Gasteiger partial charge is 0.357 e. The first-order valence-corrected chi connectivity index (χ1v) is 8.65. The molecule has 1 aliphatic rings. The van der Waals surface area contributed by atoms with Crippen LogP contribution in [-0.2, 0) is 10.5 Å². The van der Waals surface area contributed by atoms with Crippen LogP contribution < -0.4 is 10.9 Å². The summed E-state index contributed by atoms with van der Waals surface area (Å²) >= 11 is 0. The fraction of sp³-hybridized carbons (Fsp3) is 0.0909. The second-order valence-electron chi connectivity index (χ2n) is 6.17. The Bertz CT molecular complexity index is 1060. The van der Waals surface area contributed by atoms with E-state index in [0.29, 0.717) is 5.56 Å². The van der Waals surface area contributed by atoms with Crippen LogP contribution in [0, 0.1) is 0 Å². The van der Waals surface area contributed by atoms with Crippen LogP contribution in [0.1, 0.15) is 5.56 Å². The Morgan fingerprint density at radius 2 is 1.89 bits per heavy atom. The van der Waals surface area contributed by atoms with Gasteiger partial charge in [-0.05, 0) is 48.7 Å². The number of hydrogen-bond acceptors (Lipinski definition) is 4. The Hall–Kier alpha value is -3.44. The van der Waals surface area contributed by atoms with Gasteiger partial charge in [-0.2, -0.15) is 0 Å². The van der Waals surface area contributed by atoms with E-state index >= 15 is 0 Å². The smallest absolute Gasteiger partial charge is 0.263 e. The fourth-order valence-corrected chi connectivity index (χ4v) is 3.17. The molecule has 3 heterocycles. The summed E-state index contributed by atoms with van der Waals surface area (Å²) in [5.74, 6) is 0. The predicted octanol–water partition coefficient (Wildman–Crippen LogP) is 3.37. The summed E-state index contributed by atoms with van der Waals surface area (Å²) in [5.41, 5.74) is 1.68. The van der Waals surface area contributed by atoms with Crippen molar-refractivity contribution in [1.29, 1.82) is 0 Å². The van der Waals surface area contributed by atoms with Crippen molar-refractivity contribution in [2.45, 2.75) is 5.72 Å². The number of para-hydroxylation sites is 1. The predicted molar refractivity (Wildman–Crippen MR) is 105 cm³/mol. The molecule has 0 saturated heterocycles. The quantitative estimate of drug-likeness (QED) is 0.778. The first-order valence-electron chi connectivity index (χ1n) is 8.65. The second kappa shape index (κ2) is 7.05. The molecular formula is C22H19N3O2. The lowest BCUT2D eigenvalue weighted by molar-refractivity contribution is 0.00789. The highest BCUT2D eigenvalue weighted by Crippen LogP contribution is 2.27. The van der Waals surface area contributed by atoms with Crippen molar-refractivity contribution in [3.63, 3.8) is 0 Å². The number of benzene rings is 1. The summed E-state index contributed by atoms with van der Waals surface area (Å²) in [6.45, 7) is 0. The number of nitrogens with zero attached hydrogens (tertiary/aromatic N) is 2. The lowest BCUT2D eigenvalue weighted by Gasteiger charge is -2.31. The Morgan fingerprint density at radius 3 is 2.56 bits per heavy atom. The highest BCUT2D eigenvalue weighted by Gasteiger charge is 2.33. The molecule has 1 atom stereocenters. The number of rotatable bonds is 4. The number of ether oxygens (including phenoxy) is 1. The van der Waals surface area contributed by atoms with Crippen LogP contribution in [0.3, 0.4) is 0 Å². The van der Waals surface area contributed by atoms with Gasteiger partial charge in [0.1, 0.15) is 0 Å². The summed E-state index contributed by atoms with van der Waals surface area (Å²) in [5, 5.41) is 3.17. The minimum Gasteiger partial charge on any atom is -0.357 e. The van der Waals surface area contributed by atoms with Gasteiger partial charge in [-0.3, -0.25) is 14.3 Å². The van der Waals surface area contributed by atoms with Crippen LogP contribution in [0.2, 0.25) is 0 Å². The van der Waals surface area contributed by atoms with Gasteiger partial charge < -0.3 is 10.1 Å². The highest BCUT2D eigenvalue weighted by molar-refractivity contribution is 5.60. The zero-order chi connectivity index (χ0) is 18.7. The molecule has 1 aromatic carbocycles. The molecule has 1 unspecified atom stereocenters. The van der Waals surface area contributed by atoms with E-state index in [4.69, 9.17) is 4.74 Å². The average Bonchev–Trinajstić information content (AvgIpc) is 2.75. The van der Waals surface area contributed by atoms with Crippen molar-refractivity contribution in [1.82, 2.24) is 14.9 Å². The third-order valence-electron chi connectivity index (χ3n) is 4.57. The van der Waals surface area contributed by atoms with E-state index in [1.807, 2.05) is 79.0 Å². The van der Waals surface area contributed by atoms with E-state index in [-0.39, 0.29) is 5.56 Å². The lowest BCUT2D eigenvalue weighted by Crippen LogP contribution is -2.45. The van der Waals surface area contributed by atoms with Crippen LogP contribution in [0.25, 0.3) is 16.9 Å². The zero-order valence-electron chi connectivity index (χ0n) is 14.9. The molecular weight excluding hydrogens is 338 g/mol. The summed E-state index contributed by atoms with van der Waals surface area (Å²) in [6, 6.07) is 17.1. The molecule has 5 heteroatoms. The van der Waals surface area contributed by atoms with Crippen molar-refractivity contribution < 1.29 is 4.74 Å². The molecule has 27 heavy (non-hydrogen) atoms. The topological polar surface area (TPSA) is 56.2 Å². The summed E-state index contributed by atoms with van der Waals surface area (Å²) in [4.78, 5) is 17.8. The van der Waals surface area contributed by atoms with E-state index in [1.54, 1.807) is 24.1 Å². The minimum absolute atomic E-state index is 0.157. The van der Waals surface area contributed by atoms with Crippen molar-refractivity contribution in [2.75, 3.05) is 7.11 Å². The third-order valence-corrected chi connectivity index (χ3v) is 4.57. The average molecular weight is 357 g/mol. The summed E-state index contributed by atoms with van der Waals surface area (Å²) < 4.78 is 7.38. The molecule has 5 nitrogen and oxygen atoms in total. The summed E-state index contributed by atoms with van der Waals surface area (Å²) in [6.07, 6.45) is 10.9. The maximum atomic E-state index is 13.4. The van der Waals surface area contributed by atoms with Gasteiger partial charge in [0, 0.05) is 30.8 Å². The molecule has 2 aromatic heterocycles. The molecule has 0 amide bonds. The van der Waals surface area contributed by atoms with E-state index in [1.165, 1.54) is 0 Å². The van der Waals surface area contributed by atoms with E-state index in [9.17, 15) is 4.79 Å². The highest BCUT2D eigenvalue weighted by atomic mass is 16.5. The van der Waals surface area contributed by atoms with Crippen molar-refractivity contribution in [3.8, 4) is 16.9 Å². The number of methoxy groups -OCH3 is 1. The third kappa shape index (κ3) is 3.09. The second-order valence-corrected chi connectivity index (χ2v) is 6.17. The molecule has 0 bridgehead atoms. The molecule has 0 fully saturated rings. The first-order chi connectivity index (χ1) is 13.2. The normalized spacial score (nSPS) is 18.3. The van der Waals surface area contributed by atoms with Gasteiger partial charge in [0.25, 0.3) is 5.56 Å². The van der Waals surface area contributed by atoms with Crippen molar-refractivity contribution >= 4 is 0 Å². The lowest BCUT2D eigenvalue weighted by atomic mass is 9.99. The molecule has 1 aliphatic heterocycles. The zero-order valence-corrected chi connectivity index (χ0v) is 14.9. The Kier molecular flexibility index (Phi) is 4.44. The SMILES string of the molecule is COC1(c2cc(-c3ccccn3)cn(-c3ccccc3)c2=O)C=CC=CN1. The van der Waals surface area contributed by atoms with Gasteiger partial charge in [0.05, 0.1) is 11.3 Å². The van der Waals surface area contributed by atoms with E-state index < -0.39 is 5.72 Å². The fourth-order valence-electron chi connectivity index (χ4n) is 3.17. The molecule has 0 aliphatic carbocycles. The van der Waals surface area contributed by atoms with Crippen LogP contribution in [0.15, 0.2) is 96.2 Å². The molecule has 134 valence electrons. The van der Waals surface area contributed by atoms with Gasteiger partial charge in [-0.15, -0.1) is 0 Å². The van der Waals surface area contributed by atoms with Gasteiger partial charge in [0.2, 0.25) is 0 Å². The number of hydrogen-bond donors (Lipinski definition) is 1. The van der Waals surface area contributed by atoms with Crippen LogP contribution in [0.4, 0.5) is 0 Å². The molecule has 3 aromatic rings. The van der Waals surface area contributed by atoms with Crippen LogP contribution in [-0.4, -0.2) is 16.7 Å². The Morgan fingerprint density at radius 1 is 1.07 bits per heavy atom. The Balaban J connectivity index is 2.00. The molecule has 1 N–H and O–H groups in total. The molecule has 4 rings (SSSR count). The maximum Gasteiger partial charge on any atom is 0.263 e. The monoisotopic (exact) mass is 357 g/mol. The number of allylic oxidation sites excluding steroid dienone is 2. The molecule has 0 radical (unpaired) electrons. The number of nitrogens with one attached hydrogen (secondary N) is 1. The maximum absolute atomic E-state index is 13.4. The Labute approximate surface area is 157 Å². The van der Waals surface area contributed by atoms with Crippen LogP contribution >= 0.6 is 0 Å². The van der Waals surface area contributed by atoms with Gasteiger partial charge in [-0.25, -0.2) is 0 Å². The molecule has 0 spiro atoms.